The van der Waals surface area contributed by atoms with Gasteiger partial charge < -0.3 is 15.1 Å². The SMILES string of the molecule is CC[C@H](C)[C@H](NC(=O)c1ccccc1)C(=O)N(C)Cc1ccc(N(C)C)cc1. The summed E-state index contributed by atoms with van der Waals surface area (Å²) in [4.78, 5) is 29.4. The fraction of sp³-hybridized carbons (Fsp3) is 0.391. The first-order valence-corrected chi connectivity index (χ1v) is 9.70. The van der Waals surface area contributed by atoms with Crippen molar-refractivity contribution in [3.05, 3.63) is 65.7 Å². The van der Waals surface area contributed by atoms with E-state index in [9.17, 15) is 9.59 Å². The molecule has 150 valence electrons. The van der Waals surface area contributed by atoms with Crippen LogP contribution in [0.25, 0.3) is 0 Å². The predicted molar refractivity (Wildman–Crippen MR) is 114 cm³/mol. The zero-order chi connectivity index (χ0) is 20.7. The third-order valence-corrected chi connectivity index (χ3v) is 5.05. The molecule has 0 unspecified atom stereocenters. The van der Waals surface area contributed by atoms with Crippen molar-refractivity contribution in [1.29, 1.82) is 0 Å². The Bertz CT molecular complexity index is 772. The summed E-state index contributed by atoms with van der Waals surface area (Å²) in [6.45, 7) is 4.52. The Balaban J connectivity index is 2.09. The number of benzene rings is 2. The molecular weight excluding hydrogens is 350 g/mol. The summed E-state index contributed by atoms with van der Waals surface area (Å²) in [6.07, 6.45) is 0.802. The van der Waals surface area contributed by atoms with E-state index in [1.54, 1.807) is 24.1 Å². The molecule has 5 nitrogen and oxygen atoms in total. The topological polar surface area (TPSA) is 52.7 Å². The summed E-state index contributed by atoms with van der Waals surface area (Å²) >= 11 is 0. The number of carbonyl (C=O) groups excluding carboxylic acids is 2. The van der Waals surface area contributed by atoms with Gasteiger partial charge in [0.1, 0.15) is 6.04 Å². The largest absolute Gasteiger partial charge is 0.378 e. The quantitative estimate of drug-likeness (QED) is 0.761. The van der Waals surface area contributed by atoms with Crippen LogP contribution in [0.4, 0.5) is 5.69 Å². The van der Waals surface area contributed by atoms with E-state index in [0.717, 1.165) is 17.7 Å². The molecule has 0 radical (unpaired) electrons. The zero-order valence-corrected chi connectivity index (χ0v) is 17.5. The van der Waals surface area contributed by atoms with E-state index in [1.165, 1.54) is 0 Å². The van der Waals surface area contributed by atoms with Crippen molar-refractivity contribution in [2.24, 2.45) is 5.92 Å². The minimum atomic E-state index is -0.552. The van der Waals surface area contributed by atoms with Crippen molar-refractivity contribution in [3.63, 3.8) is 0 Å². The van der Waals surface area contributed by atoms with Crippen LogP contribution in [0.15, 0.2) is 54.6 Å². The van der Waals surface area contributed by atoms with Crippen LogP contribution in [0.2, 0.25) is 0 Å². The molecule has 1 N–H and O–H groups in total. The Morgan fingerprint density at radius 1 is 0.964 bits per heavy atom. The third-order valence-electron chi connectivity index (χ3n) is 5.05. The van der Waals surface area contributed by atoms with E-state index in [-0.39, 0.29) is 17.7 Å². The number of amides is 2. The van der Waals surface area contributed by atoms with Crippen LogP contribution in [0, 0.1) is 5.92 Å². The van der Waals surface area contributed by atoms with Crippen LogP contribution in [0.5, 0.6) is 0 Å². The molecule has 5 heteroatoms. The maximum atomic E-state index is 13.1. The maximum Gasteiger partial charge on any atom is 0.251 e. The summed E-state index contributed by atoms with van der Waals surface area (Å²) < 4.78 is 0. The number of nitrogens with one attached hydrogen (secondary N) is 1. The van der Waals surface area contributed by atoms with Crippen LogP contribution in [0.1, 0.15) is 36.2 Å². The van der Waals surface area contributed by atoms with Gasteiger partial charge in [-0.3, -0.25) is 9.59 Å². The van der Waals surface area contributed by atoms with E-state index in [0.29, 0.717) is 12.1 Å². The standard InChI is InChI=1S/C23H31N3O2/c1-6-17(2)21(24-22(27)19-10-8-7-9-11-19)23(28)26(5)16-18-12-14-20(15-13-18)25(3)4/h7-15,17,21H,6,16H2,1-5H3,(H,24,27)/t17-,21-/m0/s1. The number of rotatable bonds is 8. The van der Waals surface area contributed by atoms with Gasteiger partial charge in [-0.2, -0.15) is 0 Å². The molecule has 0 heterocycles. The molecule has 0 bridgehead atoms. The van der Waals surface area contributed by atoms with Gasteiger partial charge in [0.2, 0.25) is 5.91 Å². The zero-order valence-electron chi connectivity index (χ0n) is 17.5. The van der Waals surface area contributed by atoms with Crippen molar-refractivity contribution in [1.82, 2.24) is 10.2 Å². The average molecular weight is 382 g/mol. The van der Waals surface area contributed by atoms with E-state index in [1.807, 2.05) is 75.3 Å². The lowest BCUT2D eigenvalue weighted by atomic mass is 9.97. The first-order chi connectivity index (χ1) is 13.3. The number of hydrogen-bond donors (Lipinski definition) is 1. The molecule has 0 saturated heterocycles. The lowest BCUT2D eigenvalue weighted by Crippen LogP contribution is -2.50. The third kappa shape index (κ3) is 5.59. The van der Waals surface area contributed by atoms with Gasteiger partial charge in [0, 0.05) is 38.9 Å². The van der Waals surface area contributed by atoms with Gasteiger partial charge in [-0.25, -0.2) is 0 Å². The van der Waals surface area contributed by atoms with Crippen molar-refractivity contribution in [3.8, 4) is 0 Å². The van der Waals surface area contributed by atoms with Crippen molar-refractivity contribution < 1.29 is 9.59 Å². The van der Waals surface area contributed by atoms with E-state index < -0.39 is 6.04 Å². The Morgan fingerprint density at radius 3 is 2.11 bits per heavy atom. The Hall–Kier alpha value is -2.82. The monoisotopic (exact) mass is 381 g/mol. The molecule has 2 rings (SSSR count). The van der Waals surface area contributed by atoms with Crippen LogP contribution < -0.4 is 10.2 Å². The Morgan fingerprint density at radius 2 is 1.57 bits per heavy atom. The van der Waals surface area contributed by atoms with Gasteiger partial charge in [0.05, 0.1) is 0 Å². The van der Waals surface area contributed by atoms with Crippen molar-refractivity contribution in [2.75, 3.05) is 26.0 Å². The molecule has 28 heavy (non-hydrogen) atoms. The van der Waals surface area contributed by atoms with Gasteiger partial charge in [-0.1, -0.05) is 50.6 Å². The fourth-order valence-corrected chi connectivity index (χ4v) is 2.99. The lowest BCUT2D eigenvalue weighted by Gasteiger charge is -2.28. The number of likely N-dealkylation sites (N-methyl/N-ethyl adjacent to an activating group) is 1. The minimum Gasteiger partial charge on any atom is -0.378 e. The van der Waals surface area contributed by atoms with E-state index in [2.05, 4.69) is 5.32 Å². The second kappa shape index (κ2) is 9.93. The highest BCUT2D eigenvalue weighted by atomic mass is 16.2. The second-order valence-electron chi connectivity index (χ2n) is 7.46. The van der Waals surface area contributed by atoms with Crippen molar-refractivity contribution in [2.45, 2.75) is 32.9 Å². The molecule has 0 fully saturated rings. The molecule has 2 aromatic carbocycles. The fourth-order valence-electron chi connectivity index (χ4n) is 2.99. The molecule has 0 aliphatic heterocycles. The Labute approximate surface area is 168 Å². The summed E-state index contributed by atoms with van der Waals surface area (Å²) in [6, 6.07) is 16.6. The van der Waals surface area contributed by atoms with Gasteiger partial charge in [0.25, 0.3) is 5.91 Å². The van der Waals surface area contributed by atoms with Crippen molar-refractivity contribution >= 4 is 17.5 Å². The summed E-state index contributed by atoms with van der Waals surface area (Å²) in [7, 11) is 5.78. The van der Waals surface area contributed by atoms with Crippen LogP contribution in [-0.4, -0.2) is 43.9 Å². The lowest BCUT2D eigenvalue weighted by molar-refractivity contribution is -0.133. The normalized spacial score (nSPS) is 12.8. The highest BCUT2D eigenvalue weighted by molar-refractivity contribution is 5.97. The van der Waals surface area contributed by atoms with Crippen LogP contribution in [-0.2, 0) is 11.3 Å². The van der Waals surface area contributed by atoms with Gasteiger partial charge in [-0.15, -0.1) is 0 Å². The molecule has 0 aromatic heterocycles. The van der Waals surface area contributed by atoms with E-state index >= 15 is 0 Å². The number of nitrogens with zero attached hydrogens (tertiary/aromatic N) is 2. The minimum absolute atomic E-state index is 0.0405. The van der Waals surface area contributed by atoms with Crippen LogP contribution in [0.3, 0.4) is 0 Å². The number of hydrogen-bond acceptors (Lipinski definition) is 3. The molecule has 2 aromatic rings. The Kier molecular flexibility index (Phi) is 7.61. The summed E-state index contributed by atoms with van der Waals surface area (Å²) in [5.74, 6) is -0.253. The summed E-state index contributed by atoms with van der Waals surface area (Å²) in [5.41, 5.74) is 2.73. The second-order valence-corrected chi connectivity index (χ2v) is 7.46. The average Bonchev–Trinajstić information content (AvgIpc) is 2.71. The van der Waals surface area contributed by atoms with Gasteiger partial charge in [0.15, 0.2) is 0 Å². The molecule has 2 amide bonds. The first-order valence-electron chi connectivity index (χ1n) is 9.70. The highest BCUT2D eigenvalue weighted by Crippen LogP contribution is 2.16. The van der Waals surface area contributed by atoms with E-state index in [4.69, 9.17) is 0 Å². The number of anilines is 1. The first kappa shape index (κ1) is 21.5. The molecule has 0 aliphatic carbocycles. The number of carbonyl (C=O) groups is 2. The van der Waals surface area contributed by atoms with Gasteiger partial charge in [-0.05, 0) is 35.7 Å². The molecule has 2 atom stereocenters. The van der Waals surface area contributed by atoms with Crippen LogP contribution >= 0.6 is 0 Å². The smallest absolute Gasteiger partial charge is 0.251 e. The summed E-state index contributed by atoms with van der Waals surface area (Å²) in [5, 5.41) is 2.94. The molecule has 0 spiro atoms. The molecule has 0 aliphatic rings. The molecule has 0 saturated carbocycles. The predicted octanol–water partition coefficient (Wildman–Crippen LogP) is 3.56. The molecular formula is C23H31N3O2. The van der Waals surface area contributed by atoms with Gasteiger partial charge >= 0.3 is 0 Å². The highest BCUT2D eigenvalue weighted by Gasteiger charge is 2.28. The maximum absolute atomic E-state index is 13.1.